The van der Waals surface area contributed by atoms with Gasteiger partial charge < -0.3 is 4.74 Å². The Hall–Kier alpha value is -2.67. The van der Waals surface area contributed by atoms with E-state index in [1.54, 1.807) is 44.2 Å². The smallest absolute Gasteiger partial charge is 0.229 e. The third-order valence-electron chi connectivity index (χ3n) is 4.26. The second-order valence-electron chi connectivity index (χ2n) is 7.01. The molecule has 0 amide bonds. The highest BCUT2D eigenvalue weighted by Crippen LogP contribution is 2.45. The number of hydrogen-bond donors (Lipinski definition) is 1. The number of carbonyl (C=O) groups is 1. The van der Waals surface area contributed by atoms with Gasteiger partial charge in [-0.1, -0.05) is 12.1 Å². The first-order chi connectivity index (χ1) is 12.5. The van der Waals surface area contributed by atoms with E-state index >= 15 is 0 Å². The molecule has 0 unspecified atom stereocenters. The van der Waals surface area contributed by atoms with Gasteiger partial charge in [-0.2, -0.15) is 0 Å². The molecule has 1 heterocycles. The van der Waals surface area contributed by atoms with Crippen molar-refractivity contribution in [2.75, 3.05) is 11.0 Å². The summed E-state index contributed by atoms with van der Waals surface area (Å²) in [6, 6.07) is 10.8. The minimum absolute atomic E-state index is 0.150. The summed E-state index contributed by atoms with van der Waals surface area (Å²) in [6.45, 7) is 5.01. The quantitative estimate of drug-likeness (QED) is 0.864. The molecule has 0 aromatic heterocycles. The van der Waals surface area contributed by atoms with Crippen molar-refractivity contribution in [1.29, 1.82) is 0 Å². The summed E-state index contributed by atoms with van der Waals surface area (Å²) in [6.07, 6.45) is 1.06. The molecule has 0 saturated heterocycles. The van der Waals surface area contributed by atoms with Gasteiger partial charge in [0.2, 0.25) is 10.0 Å². The number of ether oxygens (including phenoxy) is 1. The predicted molar refractivity (Wildman–Crippen MR) is 103 cm³/mol. The first-order valence-corrected chi connectivity index (χ1v) is 10.2. The van der Waals surface area contributed by atoms with Crippen LogP contribution in [-0.4, -0.2) is 26.1 Å². The average Bonchev–Trinajstić information content (AvgIpc) is 2.51. The molecule has 142 valence electrons. The number of hydrogen-bond acceptors (Lipinski definition) is 4. The molecule has 2 aromatic carbocycles. The number of fused-ring (bicyclic) bond motifs is 1. The van der Waals surface area contributed by atoms with Crippen molar-refractivity contribution in [1.82, 2.24) is 0 Å². The number of benzene rings is 2. The first kappa shape index (κ1) is 19.1. The van der Waals surface area contributed by atoms with E-state index in [9.17, 15) is 17.6 Å². The van der Waals surface area contributed by atoms with Crippen LogP contribution in [-0.2, 0) is 14.8 Å². The second-order valence-corrected chi connectivity index (χ2v) is 8.76. The molecular weight excluding hydrogens is 369 g/mol. The van der Waals surface area contributed by atoms with Gasteiger partial charge >= 0.3 is 0 Å². The molecular formula is C20H20FNO4S. The van der Waals surface area contributed by atoms with E-state index in [1.807, 2.05) is 0 Å². The maximum atomic E-state index is 13.4. The Morgan fingerprint density at radius 1 is 1.11 bits per heavy atom. The molecule has 1 aliphatic heterocycles. The fourth-order valence-electron chi connectivity index (χ4n) is 3.37. The molecule has 5 nitrogen and oxygen atoms in total. The minimum Gasteiger partial charge on any atom is -0.482 e. The Bertz CT molecular complexity index is 1050. The van der Waals surface area contributed by atoms with Gasteiger partial charge in [0.1, 0.15) is 17.2 Å². The molecule has 0 atom stereocenters. The number of carbonyl (C=O) groups excluding carboxylic acids is 1. The van der Waals surface area contributed by atoms with Crippen LogP contribution < -0.4 is 9.46 Å². The van der Waals surface area contributed by atoms with Gasteiger partial charge in [0.25, 0.3) is 0 Å². The lowest BCUT2D eigenvalue weighted by Gasteiger charge is -2.36. The van der Waals surface area contributed by atoms with Crippen LogP contribution in [0.1, 0.15) is 31.9 Å². The molecule has 0 saturated carbocycles. The van der Waals surface area contributed by atoms with Crippen molar-refractivity contribution in [3.63, 3.8) is 0 Å². The molecule has 0 bridgehead atoms. The number of ketones is 1. The van der Waals surface area contributed by atoms with Crippen LogP contribution >= 0.6 is 0 Å². The minimum atomic E-state index is -3.44. The zero-order chi connectivity index (χ0) is 20.0. The van der Waals surface area contributed by atoms with Gasteiger partial charge in [-0.25, -0.2) is 12.8 Å². The molecule has 2 aromatic rings. The highest BCUT2D eigenvalue weighted by Gasteiger charge is 2.38. The Labute approximate surface area is 157 Å². The summed E-state index contributed by atoms with van der Waals surface area (Å²) in [4.78, 5) is 12.4. The van der Waals surface area contributed by atoms with Crippen molar-refractivity contribution >= 4 is 27.1 Å². The Morgan fingerprint density at radius 2 is 1.74 bits per heavy atom. The summed E-state index contributed by atoms with van der Waals surface area (Å²) >= 11 is 0. The topological polar surface area (TPSA) is 72.5 Å². The maximum Gasteiger partial charge on any atom is 0.229 e. The summed E-state index contributed by atoms with van der Waals surface area (Å²) in [5.74, 6) is -0.0794. The highest BCUT2D eigenvalue weighted by molar-refractivity contribution is 7.92. The van der Waals surface area contributed by atoms with Crippen molar-refractivity contribution in [2.45, 2.75) is 26.4 Å². The molecule has 7 heteroatoms. The zero-order valence-electron chi connectivity index (χ0n) is 15.5. The third kappa shape index (κ3) is 3.88. The molecule has 27 heavy (non-hydrogen) atoms. The van der Waals surface area contributed by atoms with Crippen LogP contribution in [0.15, 0.2) is 48.0 Å². The number of nitrogens with one attached hydrogen (secondary N) is 1. The van der Waals surface area contributed by atoms with Crippen LogP contribution in [0.5, 0.6) is 5.75 Å². The SMILES string of the molecule is CC(=O)C1=C(c2ccc(F)cc2)c2ccc(NS(C)(=O)=O)cc2OC1(C)C. The molecule has 1 N–H and O–H groups in total. The van der Waals surface area contributed by atoms with Crippen molar-refractivity contribution in [3.8, 4) is 5.75 Å². The van der Waals surface area contributed by atoms with E-state index in [0.717, 1.165) is 6.26 Å². The molecule has 0 fully saturated rings. The predicted octanol–water partition coefficient (Wildman–Crippen LogP) is 3.76. The standard InChI is InChI=1S/C20H20FNO4S/c1-12(23)19-18(13-5-7-14(21)8-6-13)16-10-9-15(22-27(4,24)25)11-17(16)26-20(19,2)3/h5-11,22H,1-4H3. The van der Waals surface area contributed by atoms with Crippen LogP contribution in [0.2, 0.25) is 0 Å². The lowest BCUT2D eigenvalue weighted by molar-refractivity contribution is -0.115. The Morgan fingerprint density at radius 3 is 2.30 bits per heavy atom. The normalized spacial score (nSPS) is 15.7. The fourth-order valence-corrected chi connectivity index (χ4v) is 3.92. The second kappa shape index (κ2) is 6.49. The average molecular weight is 389 g/mol. The molecule has 0 spiro atoms. The Balaban J connectivity index is 2.26. The van der Waals surface area contributed by atoms with E-state index in [0.29, 0.717) is 33.7 Å². The maximum absolute atomic E-state index is 13.4. The number of Topliss-reactive ketones (excluding diaryl/α,β-unsaturated/α-hetero) is 1. The zero-order valence-corrected chi connectivity index (χ0v) is 16.3. The first-order valence-electron chi connectivity index (χ1n) is 8.31. The van der Waals surface area contributed by atoms with E-state index in [2.05, 4.69) is 4.72 Å². The van der Waals surface area contributed by atoms with E-state index in [4.69, 9.17) is 4.74 Å². The monoisotopic (exact) mass is 389 g/mol. The van der Waals surface area contributed by atoms with Crippen LogP contribution in [0.4, 0.5) is 10.1 Å². The summed E-state index contributed by atoms with van der Waals surface area (Å²) in [5.41, 5.74) is 1.88. The molecule has 0 radical (unpaired) electrons. The number of rotatable bonds is 4. The van der Waals surface area contributed by atoms with Crippen LogP contribution in [0.25, 0.3) is 5.57 Å². The number of halogens is 1. The lowest BCUT2D eigenvalue weighted by Crippen LogP contribution is -2.38. The van der Waals surface area contributed by atoms with E-state index in [1.165, 1.54) is 19.1 Å². The van der Waals surface area contributed by atoms with Crippen molar-refractivity contribution in [2.24, 2.45) is 0 Å². The fraction of sp³-hybridized carbons (Fsp3) is 0.250. The van der Waals surface area contributed by atoms with Crippen LogP contribution in [0, 0.1) is 5.82 Å². The van der Waals surface area contributed by atoms with Crippen molar-refractivity contribution < 1.29 is 22.3 Å². The van der Waals surface area contributed by atoms with Gasteiger partial charge in [-0.15, -0.1) is 0 Å². The lowest BCUT2D eigenvalue weighted by atomic mass is 9.81. The summed E-state index contributed by atoms with van der Waals surface area (Å²) < 4.78 is 44.9. The molecule has 0 aliphatic carbocycles. The van der Waals surface area contributed by atoms with Gasteiger partial charge in [0.05, 0.1) is 11.9 Å². The highest BCUT2D eigenvalue weighted by atomic mass is 32.2. The summed E-state index contributed by atoms with van der Waals surface area (Å²) in [7, 11) is -3.44. The van der Waals surface area contributed by atoms with Gasteiger partial charge in [0.15, 0.2) is 5.78 Å². The van der Waals surface area contributed by atoms with E-state index in [-0.39, 0.29) is 11.6 Å². The van der Waals surface area contributed by atoms with Gasteiger partial charge in [0, 0.05) is 22.8 Å². The van der Waals surface area contributed by atoms with Crippen molar-refractivity contribution in [3.05, 3.63) is 65.0 Å². The van der Waals surface area contributed by atoms with Gasteiger partial charge in [-0.3, -0.25) is 9.52 Å². The Kier molecular flexibility index (Phi) is 4.59. The van der Waals surface area contributed by atoms with Gasteiger partial charge in [-0.05, 0) is 50.6 Å². The molecule has 3 rings (SSSR count). The number of sulfonamides is 1. The number of anilines is 1. The van der Waals surface area contributed by atoms with Crippen LogP contribution in [0.3, 0.4) is 0 Å². The van der Waals surface area contributed by atoms with E-state index < -0.39 is 15.6 Å². The molecule has 1 aliphatic rings. The third-order valence-corrected chi connectivity index (χ3v) is 4.86. The summed E-state index contributed by atoms with van der Waals surface area (Å²) in [5, 5.41) is 0. The largest absolute Gasteiger partial charge is 0.482 e.